The molecule has 0 radical (unpaired) electrons. The Morgan fingerprint density at radius 1 is 1.00 bits per heavy atom. The first-order valence-electron chi connectivity index (χ1n) is 10.9. The lowest BCUT2D eigenvalue weighted by atomic mass is 10.1. The van der Waals surface area contributed by atoms with E-state index < -0.39 is 6.04 Å². The molecule has 2 aromatic heterocycles. The van der Waals surface area contributed by atoms with Crippen LogP contribution >= 0.6 is 0 Å². The van der Waals surface area contributed by atoms with Gasteiger partial charge in [-0.2, -0.15) is 9.78 Å². The molecule has 0 bridgehead atoms. The third-order valence-corrected chi connectivity index (χ3v) is 6.23. The number of hydrogen-bond acceptors (Lipinski definition) is 3. The molecule has 0 aliphatic rings. The van der Waals surface area contributed by atoms with Crippen LogP contribution in [0.1, 0.15) is 41.9 Å². The van der Waals surface area contributed by atoms with Gasteiger partial charge in [0.2, 0.25) is 5.91 Å². The predicted octanol–water partition coefficient (Wildman–Crippen LogP) is 5.01. The summed E-state index contributed by atoms with van der Waals surface area (Å²) >= 11 is 0. The lowest BCUT2D eigenvalue weighted by Crippen LogP contribution is -2.27. The molecule has 1 unspecified atom stereocenters. The minimum atomic E-state index is -0.436. The van der Waals surface area contributed by atoms with Gasteiger partial charge in [0.15, 0.2) is 0 Å². The maximum absolute atomic E-state index is 13.3. The maximum atomic E-state index is 13.3. The highest BCUT2D eigenvalue weighted by atomic mass is 16.2. The van der Waals surface area contributed by atoms with E-state index in [0.29, 0.717) is 17.5 Å². The molecule has 0 saturated carbocycles. The van der Waals surface area contributed by atoms with E-state index in [1.54, 1.807) is 6.20 Å². The van der Waals surface area contributed by atoms with E-state index in [2.05, 4.69) is 10.4 Å². The van der Waals surface area contributed by atoms with Crippen LogP contribution in [0, 0.1) is 27.7 Å². The average molecular weight is 429 g/mol. The van der Waals surface area contributed by atoms with Crippen molar-refractivity contribution >= 4 is 22.4 Å². The quantitative estimate of drug-likeness (QED) is 0.486. The van der Waals surface area contributed by atoms with Gasteiger partial charge in [0.25, 0.3) is 5.56 Å². The fourth-order valence-electron chi connectivity index (χ4n) is 4.33. The molecule has 0 aliphatic carbocycles. The van der Waals surface area contributed by atoms with E-state index >= 15 is 0 Å². The number of aromatic nitrogens is 3. The molecule has 6 heteroatoms. The van der Waals surface area contributed by atoms with Crippen LogP contribution in [0.5, 0.6) is 0 Å². The number of rotatable bonds is 5. The summed E-state index contributed by atoms with van der Waals surface area (Å²) in [4.78, 5) is 26.6. The third kappa shape index (κ3) is 3.62. The van der Waals surface area contributed by atoms with Crippen LogP contribution < -0.4 is 10.9 Å². The van der Waals surface area contributed by atoms with E-state index in [1.807, 2.05) is 87.7 Å². The highest BCUT2D eigenvalue weighted by Gasteiger charge is 2.26. The molecule has 32 heavy (non-hydrogen) atoms. The molecule has 4 rings (SSSR count). The molecule has 0 aliphatic heterocycles. The van der Waals surface area contributed by atoms with Gasteiger partial charge in [0.05, 0.1) is 17.3 Å². The number of anilines is 1. The summed E-state index contributed by atoms with van der Waals surface area (Å²) in [5.41, 5.74) is 5.25. The molecule has 1 amide bonds. The Labute approximate surface area is 187 Å². The number of aryl methyl sites for hydroxylation is 4. The molecule has 2 aromatic carbocycles. The van der Waals surface area contributed by atoms with Crippen LogP contribution in [-0.4, -0.2) is 20.3 Å². The normalized spacial score (nSPS) is 12.2. The molecular weight excluding hydrogens is 400 g/mol. The molecule has 6 nitrogen and oxygen atoms in total. The zero-order chi connectivity index (χ0) is 23.0. The van der Waals surface area contributed by atoms with Gasteiger partial charge in [-0.25, -0.2) is 0 Å². The van der Waals surface area contributed by atoms with Gasteiger partial charge in [-0.15, -0.1) is 0 Å². The Morgan fingerprint density at radius 3 is 2.38 bits per heavy atom. The summed E-state index contributed by atoms with van der Waals surface area (Å²) < 4.78 is 3.38. The van der Waals surface area contributed by atoms with Crippen LogP contribution in [0.3, 0.4) is 0 Å². The molecule has 0 fully saturated rings. The minimum absolute atomic E-state index is 0.0985. The standard InChI is InChI=1S/C26H28N4O2/c1-6-23(25(31)28-20-13-12-16(2)17(3)14-20)29-18(4)22-15-27-30(21-10-8-7-9-11-21)26(32)24(22)19(29)5/h7-15,23H,6H2,1-5H3,(H,28,31). The SMILES string of the molecule is CCC(C(=O)Nc1ccc(C)c(C)c1)n1c(C)c2cnn(-c3ccccc3)c(=O)c2c1C. The van der Waals surface area contributed by atoms with Gasteiger partial charge in [-0.05, 0) is 69.5 Å². The van der Waals surface area contributed by atoms with Gasteiger partial charge in [-0.1, -0.05) is 31.2 Å². The van der Waals surface area contributed by atoms with Crippen molar-refractivity contribution < 1.29 is 4.79 Å². The first-order chi connectivity index (χ1) is 15.3. The van der Waals surface area contributed by atoms with Gasteiger partial charge < -0.3 is 9.88 Å². The number of benzene rings is 2. The van der Waals surface area contributed by atoms with Gasteiger partial charge in [0, 0.05) is 22.5 Å². The summed E-state index contributed by atoms with van der Waals surface area (Å²) in [5, 5.41) is 8.82. The van der Waals surface area contributed by atoms with Gasteiger partial charge in [0.1, 0.15) is 6.04 Å². The van der Waals surface area contributed by atoms with Crippen molar-refractivity contribution in [3.05, 3.63) is 87.6 Å². The summed E-state index contributed by atoms with van der Waals surface area (Å²) in [6.07, 6.45) is 2.32. The van der Waals surface area contributed by atoms with Crippen molar-refractivity contribution in [2.45, 2.75) is 47.1 Å². The summed E-state index contributed by atoms with van der Waals surface area (Å²) in [7, 11) is 0. The molecule has 0 saturated heterocycles. The van der Waals surface area contributed by atoms with E-state index in [-0.39, 0.29) is 11.5 Å². The van der Waals surface area contributed by atoms with Crippen molar-refractivity contribution in [3.63, 3.8) is 0 Å². The molecule has 1 atom stereocenters. The van der Waals surface area contributed by atoms with Crippen molar-refractivity contribution in [3.8, 4) is 5.69 Å². The Morgan fingerprint density at radius 2 is 1.72 bits per heavy atom. The Balaban J connectivity index is 1.78. The smallest absolute Gasteiger partial charge is 0.281 e. The Bertz CT molecular complexity index is 1370. The molecule has 164 valence electrons. The fourth-order valence-corrected chi connectivity index (χ4v) is 4.33. The number of carbonyl (C=O) groups is 1. The van der Waals surface area contributed by atoms with E-state index in [1.165, 1.54) is 10.2 Å². The largest absolute Gasteiger partial charge is 0.335 e. The highest BCUT2D eigenvalue weighted by Crippen LogP contribution is 2.28. The molecule has 0 spiro atoms. The van der Waals surface area contributed by atoms with Gasteiger partial charge >= 0.3 is 0 Å². The van der Waals surface area contributed by atoms with E-state index in [0.717, 1.165) is 28.0 Å². The zero-order valence-electron chi connectivity index (χ0n) is 19.1. The van der Waals surface area contributed by atoms with E-state index in [9.17, 15) is 9.59 Å². The number of carbonyl (C=O) groups excluding carboxylic acids is 1. The van der Waals surface area contributed by atoms with Crippen molar-refractivity contribution in [2.24, 2.45) is 0 Å². The molecule has 1 N–H and O–H groups in total. The first-order valence-corrected chi connectivity index (χ1v) is 10.9. The van der Waals surface area contributed by atoms with E-state index in [4.69, 9.17) is 0 Å². The van der Waals surface area contributed by atoms with Crippen LogP contribution in [0.15, 0.2) is 59.5 Å². The Kier molecular flexibility index (Phi) is 5.70. The third-order valence-electron chi connectivity index (χ3n) is 6.23. The lowest BCUT2D eigenvalue weighted by molar-refractivity contribution is -0.119. The second-order valence-corrected chi connectivity index (χ2v) is 8.24. The second kappa shape index (κ2) is 8.46. The van der Waals surface area contributed by atoms with Crippen LogP contribution in [0.4, 0.5) is 5.69 Å². The van der Waals surface area contributed by atoms with Crippen molar-refractivity contribution in [1.82, 2.24) is 14.3 Å². The maximum Gasteiger partial charge on any atom is 0.281 e. The predicted molar refractivity (Wildman–Crippen MR) is 129 cm³/mol. The lowest BCUT2D eigenvalue weighted by Gasteiger charge is -2.21. The van der Waals surface area contributed by atoms with Gasteiger partial charge in [-0.3, -0.25) is 9.59 Å². The fraction of sp³-hybridized carbons (Fsp3) is 0.269. The van der Waals surface area contributed by atoms with Crippen LogP contribution in [0.2, 0.25) is 0 Å². The van der Waals surface area contributed by atoms with Crippen LogP contribution in [0.25, 0.3) is 16.5 Å². The number of para-hydroxylation sites is 1. The minimum Gasteiger partial charge on any atom is -0.335 e. The molecular formula is C26H28N4O2. The molecule has 2 heterocycles. The zero-order valence-corrected chi connectivity index (χ0v) is 19.1. The number of nitrogens with one attached hydrogen (secondary N) is 1. The van der Waals surface area contributed by atoms with Crippen molar-refractivity contribution in [2.75, 3.05) is 5.32 Å². The Hall–Kier alpha value is -3.67. The number of fused-ring (bicyclic) bond motifs is 1. The molecule has 4 aromatic rings. The summed E-state index contributed by atoms with van der Waals surface area (Å²) in [6.45, 7) is 9.89. The second-order valence-electron chi connectivity index (χ2n) is 8.24. The monoisotopic (exact) mass is 428 g/mol. The summed E-state index contributed by atoms with van der Waals surface area (Å²) in [5.74, 6) is -0.0985. The first kappa shape index (κ1) is 21.6. The summed E-state index contributed by atoms with van der Waals surface area (Å²) in [6, 6.07) is 14.8. The number of hydrogen-bond donors (Lipinski definition) is 1. The topological polar surface area (TPSA) is 68.9 Å². The number of nitrogens with zero attached hydrogens (tertiary/aromatic N) is 3. The average Bonchev–Trinajstić information content (AvgIpc) is 3.03. The highest BCUT2D eigenvalue weighted by molar-refractivity contribution is 5.95. The number of amides is 1. The van der Waals surface area contributed by atoms with Crippen LogP contribution in [-0.2, 0) is 4.79 Å². The van der Waals surface area contributed by atoms with Crippen molar-refractivity contribution in [1.29, 1.82) is 0 Å².